The Balaban J connectivity index is 1.22. The van der Waals surface area contributed by atoms with Crippen molar-refractivity contribution in [1.29, 1.82) is 0 Å². The molecule has 1 fully saturated rings. The fourth-order valence-corrected chi connectivity index (χ4v) is 6.45. The van der Waals surface area contributed by atoms with Crippen LogP contribution in [0.15, 0.2) is 144 Å². The first-order chi connectivity index (χ1) is 20.8. The molecule has 0 saturated heterocycles. The maximum atomic E-state index is 5.07. The van der Waals surface area contributed by atoms with Crippen molar-refractivity contribution in [2.45, 2.75) is 43.7 Å². The van der Waals surface area contributed by atoms with Crippen molar-refractivity contribution in [3.63, 3.8) is 0 Å². The van der Waals surface area contributed by atoms with Gasteiger partial charge in [-0.2, -0.15) is 0 Å². The number of hydrogen-bond donors (Lipinski definition) is 1. The highest BCUT2D eigenvalue weighted by Crippen LogP contribution is 2.45. The lowest BCUT2D eigenvalue weighted by molar-refractivity contribution is 0.346. The van der Waals surface area contributed by atoms with Crippen LogP contribution in [-0.4, -0.2) is 16.7 Å². The molecule has 1 aliphatic heterocycles. The number of rotatable bonds is 6. The van der Waals surface area contributed by atoms with Crippen molar-refractivity contribution in [3.05, 3.63) is 161 Å². The molecule has 1 unspecified atom stereocenters. The number of nitrogens with one attached hydrogen (secondary N) is 1. The van der Waals surface area contributed by atoms with Crippen LogP contribution in [-0.2, 0) is 5.41 Å². The van der Waals surface area contributed by atoms with E-state index in [1.165, 1.54) is 30.4 Å². The first-order valence-electron chi connectivity index (χ1n) is 14.9. The zero-order valence-corrected chi connectivity index (χ0v) is 23.7. The van der Waals surface area contributed by atoms with Gasteiger partial charge in [0, 0.05) is 28.3 Å². The molecule has 7 rings (SSSR count). The molecule has 1 aromatic heterocycles. The van der Waals surface area contributed by atoms with Gasteiger partial charge in [0.05, 0.1) is 5.69 Å². The Kier molecular flexibility index (Phi) is 7.19. The Morgan fingerprint density at radius 1 is 0.524 bits per heavy atom. The van der Waals surface area contributed by atoms with Gasteiger partial charge in [-0.05, 0) is 41.7 Å². The fourth-order valence-electron chi connectivity index (χ4n) is 6.45. The molecule has 206 valence electrons. The molecule has 1 atom stereocenters. The van der Waals surface area contributed by atoms with E-state index in [1.807, 2.05) is 54.7 Å². The van der Waals surface area contributed by atoms with Crippen LogP contribution < -0.4 is 5.32 Å². The van der Waals surface area contributed by atoms with E-state index in [9.17, 15) is 0 Å². The van der Waals surface area contributed by atoms with Crippen LogP contribution in [0.5, 0.6) is 0 Å². The Labute approximate surface area is 247 Å². The van der Waals surface area contributed by atoms with Gasteiger partial charge >= 0.3 is 0 Å². The van der Waals surface area contributed by atoms with Gasteiger partial charge in [0.15, 0.2) is 6.17 Å². The van der Waals surface area contributed by atoms with Crippen LogP contribution in [0.3, 0.4) is 0 Å². The molecule has 1 saturated carbocycles. The lowest BCUT2D eigenvalue weighted by Gasteiger charge is -2.39. The first kappa shape index (κ1) is 26.1. The molecule has 1 aliphatic carbocycles. The third-order valence-corrected chi connectivity index (χ3v) is 8.70. The summed E-state index contributed by atoms with van der Waals surface area (Å²) in [5.41, 5.74) is 8.17. The third-order valence-electron chi connectivity index (χ3n) is 8.70. The lowest BCUT2D eigenvalue weighted by atomic mass is 9.65. The topological polar surface area (TPSA) is 49.6 Å². The summed E-state index contributed by atoms with van der Waals surface area (Å²) in [5, 5.41) is 3.54. The molecule has 2 aliphatic rings. The van der Waals surface area contributed by atoms with Crippen LogP contribution in [0.2, 0.25) is 0 Å². The van der Waals surface area contributed by atoms with Crippen LogP contribution in [0.25, 0.3) is 11.3 Å². The quantitative estimate of drug-likeness (QED) is 0.232. The molecule has 2 heterocycles. The van der Waals surface area contributed by atoms with E-state index in [4.69, 9.17) is 9.98 Å². The van der Waals surface area contributed by atoms with Gasteiger partial charge in [0.2, 0.25) is 0 Å². The predicted octanol–water partition coefficient (Wildman–Crippen LogP) is 8.49. The van der Waals surface area contributed by atoms with Crippen molar-refractivity contribution >= 4 is 11.7 Å². The summed E-state index contributed by atoms with van der Waals surface area (Å²) >= 11 is 0. The van der Waals surface area contributed by atoms with E-state index in [0.717, 1.165) is 52.5 Å². The summed E-state index contributed by atoms with van der Waals surface area (Å²) in [4.78, 5) is 14.6. The van der Waals surface area contributed by atoms with Crippen LogP contribution in [0, 0.1) is 0 Å². The molecule has 0 spiro atoms. The maximum absolute atomic E-state index is 5.07. The Bertz CT molecular complexity index is 1680. The van der Waals surface area contributed by atoms with Gasteiger partial charge in [-0.3, -0.25) is 4.98 Å². The van der Waals surface area contributed by atoms with Crippen molar-refractivity contribution in [3.8, 4) is 11.3 Å². The van der Waals surface area contributed by atoms with Gasteiger partial charge in [-0.25, -0.2) is 9.98 Å². The lowest BCUT2D eigenvalue weighted by Crippen LogP contribution is -2.36. The maximum Gasteiger partial charge on any atom is 0.169 e. The average Bonchev–Trinajstić information content (AvgIpc) is 3.10. The normalized spacial score (nSPS) is 18.0. The highest BCUT2D eigenvalue weighted by atomic mass is 15.2. The average molecular weight is 547 g/mol. The summed E-state index contributed by atoms with van der Waals surface area (Å²) in [6.07, 6.45) is 7.68. The van der Waals surface area contributed by atoms with Crippen molar-refractivity contribution in [1.82, 2.24) is 10.3 Å². The van der Waals surface area contributed by atoms with E-state index in [0.29, 0.717) is 0 Å². The molecular formula is C38H34N4. The second-order valence-corrected chi connectivity index (χ2v) is 11.2. The van der Waals surface area contributed by atoms with Gasteiger partial charge in [0.1, 0.15) is 11.7 Å². The number of pyridine rings is 1. The van der Waals surface area contributed by atoms with Crippen molar-refractivity contribution in [2.24, 2.45) is 9.98 Å². The first-order valence-corrected chi connectivity index (χ1v) is 14.9. The second-order valence-electron chi connectivity index (χ2n) is 11.2. The molecule has 42 heavy (non-hydrogen) atoms. The number of aromatic nitrogens is 1. The van der Waals surface area contributed by atoms with Gasteiger partial charge in [-0.15, -0.1) is 0 Å². The number of amidine groups is 2. The van der Waals surface area contributed by atoms with Crippen molar-refractivity contribution < 1.29 is 0 Å². The van der Waals surface area contributed by atoms with E-state index >= 15 is 0 Å². The van der Waals surface area contributed by atoms with Gasteiger partial charge < -0.3 is 5.32 Å². The number of benzene rings is 4. The summed E-state index contributed by atoms with van der Waals surface area (Å²) in [5.74, 6) is 1.69. The van der Waals surface area contributed by atoms with E-state index in [-0.39, 0.29) is 11.6 Å². The van der Waals surface area contributed by atoms with E-state index in [1.54, 1.807) is 0 Å². The molecule has 4 heteroatoms. The van der Waals surface area contributed by atoms with E-state index in [2.05, 4.69) is 89.2 Å². The minimum Gasteiger partial charge on any atom is -0.324 e. The zero-order chi connectivity index (χ0) is 28.2. The number of hydrogen-bond acceptors (Lipinski definition) is 4. The molecule has 0 bridgehead atoms. The predicted molar refractivity (Wildman–Crippen MR) is 172 cm³/mol. The zero-order valence-electron chi connectivity index (χ0n) is 23.7. The minimum atomic E-state index is -0.292. The second kappa shape index (κ2) is 11.6. The SMILES string of the molecule is c1ccc(C2=NC(c3ccccc3)N=C(c3ccc(C4(c5ccc(-c6ccccn6)cc5)CCCCC4)cc3)N2)cc1. The minimum absolute atomic E-state index is 0.0183. The highest BCUT2D eigenvalue weighted by Gasteiger charge is 2.35. The number of aliphatic imine (C=N–C) groups is 2. The van der Waals surface area contributed by atoms with Crippen LogP contribution in [0.4, 0.5) is 0 Å². The molecular weight excluding hydrogens is 512 g/mol. The van der Waals surface area contributed by atoms with Crippen LogP contribution in [0.1, 0.15) is 66.1 Å². The molecule has 1 N–H and O–H groups in total. The summed E-state index contributed by atoms with van der Waals surface area (Å²) in [7, 11) is 0. The molecule has 4 aromatic carbocycles. The summed E-state index contributed by atoms with van der Waals surface area (Å²) < 4.78 is 0. The largest absolute Gasteiger partial charge is 0.324 e. The number of nitrogens with zero attached hydrogens (tertiary/aromatic N) is 3. The Morgan fingerprint density at radius 2 is 1.07 bits per heavy atom. The summed E-state index contributed by atoms with van der Waals surface area (Å²) in [6.45, 7) is 0. The Morgan fingerprint density at radius 3 is 1.67 bits per heavy atom. The summed E-state index contributed by atoms with van der Waals surface area (Å²) in [6, 6.07) is 44.9. The highest BCUT2D eigenvalue weighted by molar-refractivity contribution is 6.15. The van der Waals surface area contributed by atoms with Crippen LogP contribution >= 0.6 is 0 Å². The van der Waals surface area contributed by atoms with Crippen molar-refractivity contribution in [2.75, 3.05) is 0 Å². The monoisotopic (exact) mass is 546 g/mol. The molecule has 4 nitrogen and oxygen atoms in total. The molecule has 0 amide bonds. The standard InChI is InChI=1S/C38H34N4/c1-4-12-29(13-5-1)35-40-36(30-14-6-2-7-15-30)42-37(41-35)31-19-23-33(24-20-31)38(25-9-3-10-26-38)32-21-17-28(18-22-32)34-16-8-11-27-39-34/h1-2,4-8,11-24,27,35H,3,9-10,25-26H2,(H,40,41,42). The van der Waals surface area contributed by atoms with Gasteiger partial charge in [0.25, 0.3) is 0 Å². The third kappa shape index (κ3) is 5.16. The smallest absolute Gasteiger partial charge is 0.169 e. The van der Waals surface area contributed by atoms with Gasteiger partial charge in [-0.1, -0.05) is 135 Å². The fraction of sp³-hybridized carbons (Fsp3) is 0.184. The molecule has 0 radical (unpaired) electrons. The van der Waals surface area contributed by atoms with E-state index < -0.39 is 0 Å². The Hall–Kier alpha value is -4.83. The molecule has 5 aromatic rings.